The lowest BCUT2D eigenvalue weighted by atomic mass is 10.5. The van der Waals surface area contributed by atoms with Crippen molar-refractivity contribution in [3.63, 3.8) is 0 Å². The van der Waals surface area contributed by atoms with E-state index in [0.717, 1.165) is 6.54 Å². The zero-order valence-electron chi connectivity index (χ0n) is 10.1. The number of hydrogen-bond acceptors (Lipinski definition) is 4. The first kappa shape index (κ1) is 16.3. The van der Waals surface area contributed by atoms with Gasteiger partial charge in [-0.25, -0.2) is 0 Å². The lowest BCUT2D eigenvalue weighted by Gasteiger charge is -2.20. The monoisotopic (exact) mass is 207 g/mol. The van der Waals surface area contributed by atoms with Crippen LogP contribution in [-0.4, -0.2) is 56.8 Å². The van der Waals surface area contributed by atoms with E-state index in [1.54, 1.807) is 6.92 Å². The maximum atomic E-state index is 7.57. The Hall–Kier alpha value is -0.160. The lowest BCUT2D eigenvalue weighted by Crippen LogP contribution is -2.30. The van der Waals surface area contributed by atoms with Crippen molar-refractivity contribution in [2.75, 3.05) is 40.5 Å². The zero-order chi connectivity index (χ0) is 11.4. The van der Waals surface area contributed by atoms with E-state index >= 15 is 0 Å². The fourth-order valence-corrected chi connectivity index (χ4v) is 0.823. The second-order valence-electron chi connectivity index (χ2n) is 2.92. The van der Waals surface area contributed by atoms with Crippen molar-refractivity contribution in [1.82, 2.24) is 4.90 Å². The van der Waals surface area contributed by atoms with Crippen molar-refractivity contribution in [2.45, 2.75) is 27.1 Å². The second kappa shape index (κ2) is 12.8. The summed E-state index contributed by atoms with van der Waals surface area (Å²) in [4.78, 5) is 2.05. The van der Waals surface area contributed by atoms with Crippen molar-refractivity contribution < 1.29 is 14.6 Å². The van der Waals surface area contributed by atoms with Crippen molar-refractivity contribution >= 4 is 0 Å². The molecule has 0 spiro atoms. The van der Waals surface area contributed by atoms with Crippen LogP contribution in [0.2, 0.25) is 0 Å². The van der Waals surface area contributed by atoms with Gasteiger partial charge in [0.1, 0.15) is 0 Å². The van der Waals surface area contributed by atoms with E-state index < -0.39 is 0 Å². The van der Waals surface area contributed by atoms with Crippen LogP contribution >= 0.6 is 0 Å². The molecule has 0 fully saturated rings. The topological polar surface area (TPSA) is 41.9 Å². The summed E-state index contributed by atoms with van der Waals surface area (Å²) in [6.45, 7) is 8.11. The summed E-state index contributed by atoms with van der Waals surface area (Å²) in [6, 6.07) is 0. The molecule has 0 amide bonds. The van der Waals surface area contributed by atoms with Gasteiger partial charge in [-0.15, -0.1) is 0 Å². The van der Waals surface area contributed by atoms with Gasteiger partial charge in [0.25, 0.3) is 0 Å². The number of aliphatic hydroxyl groups is 1. The fourth-order valence-electron chi connectivity index (χ4n) is 0.823. The maximum Gasteiger partial charge on any atom is 0.170 e. The molecule has 0 rings (SSSR count). The lowest BCUT2D eigenvalue weighted by molar-refractivity contribution is -0.143. The summed E-state index contributed by atoms with van der Waals surface area (Å²) in [6.07, 6.45) is -0.0694. The SMILES string of the molecule is CCO.CCOC(CN(C)C)OCC. The first-order chi connectivity index (χ1) is 6.62. The van der Waals surface area contributed by atoms with E-state index in [2.05, 4.69) is 4.90 Å². The first-order valence-electron chi connectivity index (χ1n) is 5.11. The molecule has 0 aliphatic carbocycles. The number of rotatable bonds is 6. The van der Waals surface area contributed by atoms with Gasteiger partial charge in [0, 0.05) is 26.4 Å². The molecular formula is C10H25NO3. The smallest absolute Gasteiger partial charge is 0.170 e. The van der Waals surface area contributed by atoms with Gasteiger partial charge >= 0.3 is 0 Å². The predicted octanol–water partition coefficient (Wildman–Crippen LogP) is 0.946. The molecule has 0 saturated carbocycles. The Labute approximate surface area is 87.8 Å². The van der Waals surface area contributed by atoms with Gasteiger partial charge in [-0.05, 0) is 34.9 Å². The molecule has 0 aliphatic rings. The number of likely N-dealkylation sites (N-methyl/N-ethyl adjacent to an activating group) is 1. The molecule has 14 heavy (non-hydrogen) atoms. The van der Waals surface area contributed by atoms with Crippen molar-refractivity contribution in [3.05, 3.63) is 0 Å². The van der Waals surface area contributed by atoms with Crippen molar-refractivity contribution in [3.8, 4) is 0 Å². The minimum absolute atomic E-state index is 0.0694. The Morgan fingerprint density at radius 3 is 1.64 bits per heavy atom. The van der Waals surface area contributed by atoms with Crippen LogP contribution in [0.15, 0.2) is 0 Å². The van der Waals surface area contributed by atoms with Crippen LogP contribution in [0.1, 0.15) is 20.8 Å². The molecule has 0 bridgehead atoms. The summed E-state index contributed by atoms with van der Waals surface area (Å²) >= 11 is 0. The molecule has 0 atom stereocenters. The number of hydrogen-bond donors (Lipinski definition) is 1. The molecule has 0 unspecified atom stereocenters. The average molecular weight is 207 g/mol. The van der Waals surface area contributed by atoms with Crippen LogP contribution < -0.4 is 0 Å². The molecule has 88 valence electrons. The molecule has 0 aromatic heterocycles. The van der Waals surface area contributed by atoms with Crippen LogP contribution in [0, 0.1) is 0 Å². The molecule has 0 heterocycles. The van der Waals surface area contributed by atoms with E-state index in [4.69, 9.17) is 14.6 Å². The highest BCUT2D eigenvalue weighted by atomic mass is 16.7. The Morgan fingerprint density at radius 1 is 1.07 bits per heavy atom. The van der Waals surface area contributed by atoms with Gasteiger partial charge < -0.3 is 19.5 Å². The van der Waals surface area contributed by atoms with E-state index in [0.29, 0.717) is 13.2 Å². The Kier molecular flexibility index (Phi) is 14.9. The second-order valence-corrected chi connectivity index (χ2v) is 2.92. The zero-order valence-corrected chi connectivity index (χ0v) is 10.1. The Morgan fingerprint density at radius 2 is 1.43 bits per heavy atom. The fraction of sp³-hybridized carbons (Fsp3) is 1.00. The third kappa shape index (κ3) is 14.4. The van der Waals surface area contributed by atoms with Gasteiger partial charge in [0.05, 0.1) is 0 Å². The Balaban J connectivity index is 0. The normalized spacial score (nSPS) is 10.3. The highest BCUT2D eigenvalue weighted by Crippen LogP contribution is 1.95. The third-order valence-corrected chi connectivity index (χ3v) is 1.22. The molecule has 0 aromatic rings. The minimum Gasteiger partial charge on any atom is -0.397 e. The first-order valence-corrected chi connectivity index (χ1v) is 5.11. The van der Waals surface area contributed by atoms with E-state index in [-0.39, 0.29) is 12.9 Å². The van der Waals surface area contributed by atoms with Crippen LogP contribution in [0.4, 0.5) is 0 Å². The third-order valence-electron chi connectivity index (χ3n) is 1.22. The van der Waals surface area contributed by atoms with Crippen LogP contribution in [0.5, 0.6) is 0 Å². The molecule has 4 heteroatoms. The van der Waals surface area contributed by atoms with Crippen LogP contribution in [-0.2, 0) is 9.47 Å². The Bertz CT molecular complexity index is 93.4. The molecule has 4 nitrogen and oxygen atoms in total. The summed E-state index contributed by atoms with van der Waals surface area (Å²) < 4.78 is 10.7. The number of ether oxygens (including phenoxy) is 2. The predicted molar refractivity (Wildman–Crippen MR) is 58.4 cm³/mol. The molecule has 0 radical (unpaired) electrons. The minimum atomic E-state index is -0.0694. The molecular weight excluding hydrogens is 182 g/mol. The standard InChI is InChI=1S/C8H19NO2.C2H6O/c1-5-10-8(11-6-2)7-9(3)4;1-2-3/h8H,5-7H2,1-4H3;3H,2H2,1H3. The van der Waals surface area contributed by atoms with Gasteiger partial charge in [-0.2, -0.15) is 0 Å². The number of aliphatic hydroxyl groups excluding tert-OH is 1. The van der Waals surface area contributed by atoms with Crippen molar-refractivity contribution in [2.24, 2.45) is 0 Å². The van der Waals surface area contributed by atoms with Gasteiger partial charge in [0.15, 0.2) is 6.29 Å². The van der Waals surface area contributed by atoms with Crippen LogP contribution in [0.25, 0.3) is 0 Å². The largest absolute Gasteiger partial charge is 0.397 e. The summed E-state index contributed by atoms with van der Waals surface area (Å²) in [7, 11) is 4.01. The summed E-state index contributed by atoms with van der Waals surface area (Å²) in [5, 5.41) is 7.57. The van der Waals surface area contributed by atoms with Crippen LogP contribution in [0.3, 0.4) is 0 Å². The average Bonchev–Trinajstić information content (AvgIpc) is 2.05. The van der Waals surface area contributed by atoms with Crippen molar-refractivity contribution in [1.29, 1.82) is 0 Å². The quantitative estimate of drug-likeness (QED) is 0.658. The molecule has 0 saturated heterocycles. The highest BCUT2D eigenvalue weighted by molar-refractivity contribution is 4.48. The van der Waals surface area contributed by atoms with Gasteiger partial charge in [0.2, 0.25) is 0 Å². The molecule has 1 N–H and O–H groups in total. The maximum absolute atomic E-state index is 7.57. The summed E-state index contributed by atoms with van der Waals surface area (Å²) in [5.74, 6) is 0. The van der Waals surface area contributed by atoms with Gasteiger partial charge in [-0.3, -0.25) is 0 Å². The molecule has 0 aliphatic heterocycles. The van der Waals surface area contributed by atoms with Gasteiger partial charge in [-0.1, -0.05) is 0 Å². The van der Waals surface area contributed by atoms with E-state index in [1.165, 1.54) is 0 Å². The number of nitrogens with zero attached hydrogens (tertiary/aromatic N) is 1. The molecule has 0 aromatic carbocycles. The summed E-state index contributed by atoms with van der Waals surface area (Å²) in [5.41, 5.74) is 0. The van der Waals surface area contributed by atoms with E-state index in [1.807, 2.05) is 27.9 Å². The van der Waals surface area contributed by atoms with E-state index in [9.17, 15) is 0 Å². The highest BCUT2D eigenvalue weighted by Gasteiger charge is 2.07.